The number of nitrogens with zero attached hydrogens (tertiary/aromatic N) is 5. The number of hydrogen-bond donors (Lipinski definition) is 1. The molecule has 1 unspecified atom stereocenters. The number of aromatic nitrogens is 3. The molecule has 1 N–H and O–H groups in total. The number of aliphatic imine (C=N–C) groups is 1. The second-order valence-electron chi connectivity index (χ2n) is 7.75. The quantitative estimate of drug-likeness (QED) is 0.730. The van der Waals surface area contributed by atoms with Crippen LogP contribution in [-0.4, -0.2) is 39.8 Å². The van der Waals surface area contributed by atoms with Gasteiger partial charge >= 0.3 is 6.03 Å². The molecule has 146 valence electrons. The van der Waals surface area contributed by atoms with E-state index in [9.17, 15) is 4.79 Å². The minimum Gasteiger partial charge on any atom is -0.330 e. The number of carbonyl (C=O) groups excluding carboxylic acids is 1. The molecule has 0 aliphatic carbocycles. The Morgan fingerprint density at radius 3 is 2.79 bits per heavy atom. The van der Waals surface area contributed by atoms with Gasteiger partial charge in [-0.3, -0.25) is 4.90 Å². The summed E-state index contributed by atoms with van der Waals surface area (Å²) in [5, 5.41) is 11.6. The highest BCUT2D eigenvalue weighted by Gasteiger charge is 2.35. The number of amides is 2. The molecule has 0 bridgehead atoms. The number of fused-ring (bicyclic) bond motifs is 1. The van der Waals surface area contributed by atoms with Gasteiger partial charge in [-0.25, -0.2) is 9.79 Å². The van der Waals surface area contributed by atoms with Crippen molar-refractivity contribution < 1.29 is 4.79 Å². The number of nitrogens with one attached hydrogen (secondary N) is 1. The normalized spacial score (nSPS) is 20.9. The Labute approximate surface area is 176 Å². The van der Waals surface area contributed by atoms with Crippen LogP contribution in [-0.2, 0) is 6.42 Å². The van der Waals surface area contributed by atoms with Crippen molar-refractivity contribution in [2.75, 3.05) is 11.4 Å². The van der Waals surface area contributed by atoms with Gasteiger partial charge < -0.3 is 5.32 Å². The minimum absolute atomic E-state index is 0.0225. The number of rotatable bonds is 2. The molecule has 0 radical (unpaired) electrons. The molecule has 3 heterocycles. The highest BCUT2D eigenvalue weighted by atomic mass is 79.9. The number of urea groups is 1. The van der Waals surface area contributed by atoms with Crippen LogP contribution in [0.2, 0.25) is 0 Å². The molecule has 0 saturated heterocycles. The van der Waals surface area contributed by atoms with Crippen molar-refractivity contribution in [3.8, 4) is 0 Å². The molecule has 0 saturated carbocycles. The van der Waals surface area contributed by atoms with Crippen LogP contribution in [0.15, 0.2) is 45.1 Å². The predicted octanol–water partition coefficient (Wildman–Crippen LogP) is 4.05. The van der Waals surface area contributed by atoms with E-state index in [0.717, 1.165) is 22.1 Å². The predicted molar refractivity (Wildman–Crippen MR) is 113 cm³/mol. The van der Waals surface area contributed by atoms with Gasteiger partial charge in [-0.15, -0.1) is 4.80 Å². The molecular weight excluding hydrogens is 444 g/mol. The summed E-state index contributed by atoms with van der Waals surface area (Å²) in [6.07, 6.45) is 6.16. The van der Waals surface area contributed by atoms with E-state index < -0.39 is 0 Å². The van der Waals surface area contributed by atoms with Gasteiger partial charge in [0.15, 0.2) is 5.82 Å². The van der Waals surface area contributed by atoms with E-state index in [-0.39, 0.29) is 17.5 Å². The zero-order valence-electron chi connectivity index (χ0n) is 15.6. The Morgan fingerprint density at radius 1 is 1.32 bits per heavy atom. The number of hydrogen-bond acceptors (Lipinski definition) is 4. The molecule has 9 heteroatoms. The lowest BCUT2D eigenvalue weighted by Gasteiger charge is -2.40. The summed E-state index contributed by atoms with van der Waals surface area (Å²) in [5.41, 5.74) is 2.06. The van der Waals surface area contributed by atoms with Gasteiger partial charge in [0.2, 0.25) is 0 Å². The van der Waals surface area contributed by atoms with Crippen molar-refractivity contribution in [2.24, 2.45) is 10.4 Å². The van der Waals surface area contributed by atoms with Crippen LogP contribution >= 0.6 is 27.5 Å². The van der Waals surface area contributed by atoms with Crippen LogP contribution in [0, 0.1) is 5.41 Å². The summed E-state index contributed by atoms with van der Waals surface area (Å²) < 4.78 is 1.03. The SMILES string of the molecule is CC1(C)Cc2c(Br)cccc2N(C(=O)NC2C=NC(n3nccn3)=C(Cl)C2)C1. The van der Waals surface area contributed by atoms with E-state index in [1.165, 1.54) is 4.80 Å². The Kier molecular flexibility index (Phi) is 5.01. The summed E-state index contributed by atoms with van der Waals surface area (Å²) in [5.74, 6) is 0.477. The molecule has 7 nitrogen and oxygen atoms in total. The monoisotopic (exact) mass is 462 g/mol. The van der Waals surface area contributed by atoms with Crippen LogP contribution in [0.25, 0.3) is 5.82 Å². The van der Waals surface area contributed by atoms with Crippen LogP contribution in [0.3, 0.4) is 0 Å². The lowest BCUT2D eigenvalue weighted by atomic mass is 9.81. The van der Waals surface area contributed by atoms with Gasteiger partial charge in [0.25, 0.3) is 0 Å². The molecule has 28 heavy (non-hydrogen) atoms. The average Bonchev–Trinajstić information content (AvgIpc) is 3.16. The average molecular weight is 464 g/mol. The maximum atomic E-state index is 13.1. The van der Waals surface area contributed by atoms with Crippen molar-refractivity contribution in [1.82, 2.24) is 20.3 Å². The fourth-order valence-corrected chi connectivity index (χ4v) is 4.37. The zero-order valence-corrected chi connectivity index (χ0v) is 17.9. The van der Waals surface area contributed by atoms with Crippen LogP contribution in [0.5, 0.6) is 0 Å². The van der Waals surface area contributed by atoms with Gasteiger partial charge in [0, 0.05) is 29.3 Å². The first-order valence-electron chi connectivity index (χ1n) is 8.99. The van der Waals surface area contributed by atoms with E-state index in [1.807, 2.05) is 18.2 Å². The summed E-state index contributed by atoms with van der Waals surface area (Å²) in [4.78, 5) is 20.6. The van der Waals surface area contributed by atoms with Crippen molar-refractivity contribution >= 4 is 51.3 Å². The molecule has 2 amide bonds. The summed E-state index contributed by atoms with van der Waals surface area (Å²) in [6, 6.07) is 5.50. The smallest absolute Gasteiger partial charge is 0.322 e. The van der Waals surface area contributed by atoms with Crippen molar-refractivity contribution in [2.45, 2.75) is 32.7 Å². The van der Waals surface area contributed by atoms with Gasteiger partial charge in [0.05, 0.1) is 23.5 Å². The van der Waals surface area contributed by atoms with Crippen LogP contribution in [0.1, 0.15) is 25.8 Å². The highest BCUT2D eigenvalue weighted by Crippen LogP contribution is 2.39. The number of halogens is 2. The Hall–Kier alpha value is -2.19. The Balaban J connectivity index is 1.52. The molecule has 4 rings (SSSR count). The first kappa shape index (κ1) is 19.1. The topological polar surface area (TPSA) is 75.4 Å². The fourth-order valence-electron chi connectivity index (χ4n) is 3.58. The summed E-state index contributed by atoms with van der Waals surface area (Å²) >= 11 is 10.0. The third kappa shape index (κ3) is 3.71. The third-order valence-corrected chi connectivity index (χ3v) is 5.87. The van der Waals surface area contributed by atoms with E-state index in [2.05, 4.69) is 50.3 Å². The lowest BCUT2D eigenvalue weighted by Crippen LogP contribution is -2.51. The zero-order chi connectivity index (χ0) is 19.9. The molecule has 2 aromatic rings. The molecule has 1 aromatic carbocycles. The third-order valence-electron chi connectivity index (χ3n) is 4.81. The highest BCUT2D eigenvalue weighted by molar-refractivity contribution is 9.10. The van der Waals surface area contributed by atoms with Gasteiger partial charge in [0.1, 0.15) is 0 Å². The molecule has 1 atom stereocenters. The molecule has 2 aliphatic heterocycles. The van der Waals surface area contributed by atoms with Crippen LogP contribution < -0.4 is 10.2 Å². The number of benzene rings is 1. The second kappa shape index (κ2) is 7.33. The van der Waals surface area contributed by atoms with Gasteiger partial charge in [-0.2, -0.15) is 10.2 Å². The van der Waals surface area contributed by atoms with Gasteiger partial charge in [-0.05, 0) is 29.5 Å². The second-order valence-corrected chi connectivity index (χ2v) is 9.06. The van der Waals surface area contributed by atoms with Crippen molar-refractivity contribution in [1.29, 1.82) is 0 Å². The molecule has 1 aromatic heterocycles. The van der Waals surface area contributed by atoms with Crippen molar-refractivity contribution in [3.05, 3.63) is 45.7 Å². The Morgan fingerprint density at radius 2 is 2.07 bits per heavy atom. The maximum Gasteiger partial charge on any atom is 0.322 e. The maximum absolute atomic E-state index is 13.1. The van der Waals surface area contributed by atoms with E-state index in [0.29, 0.717) is 23.8 Å². The number of carbonyl (C=O) groups is 1. The van der Waals surface area contributed by atoms with Crippen molar-refractivity contribution in [3.63, 3.8) is 0 Å². The van der Waals surface area contributed by atoms with Gasteiger partial charge in [-0.1, -0.05) is 47.4 Å². The van der Waals surface area contributed by atoms with Crippen LogP contribution in [0.4, 0.5) is 10.5 Å². The summed E-state index contributed by atoms with van der Waals surface area (Å²) in [6.45, 7) is 4.97. The Bertz CT molecular complexity index is 969. The molecule has 0 spiro atoms. The molecule has 0 fully saturated rings. The summed E-state index contributed by atoms with van der Waals surface area (Å²) in [7, 11) is 0. The largest absolute Gasteiger partial charge is 0.330 e. The first-order chi connectivity index (χ1) is 13.3. The van der Waals surface area contributed by atoms with E-state index in [1.54, 1.807) is 23.5 Å². The molecular formula is C19H20BrClN6O. The number of anilines is 1. The van der Waals surface area contributed by atoms with E-state index >= 15 is 0 Å². The van der Waals surface area contributed by atoms with E-state index in [4.69, 9.17) is 11.6 Å². The minimum atomic E-state index is -0.292. The lowest BCUT2D eigenvalue weighted by molar-refractivity contribution is 0.238. The fraction of sp³-hybridized carbons (Fsp3) is 0.368. The standard InChI is InChI=1S/C19H20BrClN6O/c1-19(2)9-13-14(20)4-3-5-16(13)26(11-19)18(28)25-12-8-15(21)17(22-10-12)27-23-6-7-24-27/h3-7,10,12H,8-9,11H2,1-2H3,(H,25,28). The first-order valence-corrected chi connectivity index (χ1v) is 10.2. The molecule has 2 aliphatic rings.